The molecule has 2 nitrogen and oxygen atoms in total. The smallest absolute Gasteiger partial charge is 0.146 e. The summed E-state index contributed by atoms with van der Waals surface area (Å²) in [5.41, 5.74) is 11.4. The molecule has 0 amide bonds. The fourth-order valence-corrected chi connectivity index (χ4v) is 1.27. The van der Waals surface area contributed by atoms with Crippen LogP contribution in [0.5, 0.6) is 0 Å². The van der Waals surface area contributed by atoms with Crippen molar-refractivity contribution in [2.45, 2.75) is 13.0 Å². The molecule has 0 aliphatic rings. The van der Waals surface area contributed by atoms with E-state index in [2.05, 4.69) is 0 Å². The van der Waals surface area contributed by atoms with Gasteiger partial charge in [0.15, 0.2) is 0 Å². The molecule has 0 unspecified atom stereocenters. The van der Waals surface area contributed by atoms with Gasteiger partial charge in [0.1, 0.15) is 5.82 Å². The SMILES string of the molecule is C[C@@H](N)c1cc(F)c(N)cc1Cl. The number of halogens is 2. The number of anilines is 1. The Hall–Kier alpha value is -0.800. The van der Waals surface area contributed by atoms with Crippen LogP contribution >= 0.6 is 11.6 Å². The second kappa shape index (κ2) is 3.29. The van der Waals surface area contributed by atoms with Gasteiger partial charge in [-0.1, -0.05) is 11.6 Å². The van der Waals surface area contributed by atoms with Crippen LogP contribution in [0.2, 0.25) is 5.02 Å². The third-order valence-electron chi connectivity index (χ3n) is 1.61. The number of rotatable bonds is 1. The summed E-state index contributed by atoms with van der Waals surface area (Å²) in [6, 6.07) is 2.35. The Labute approximate surface area is 75.3 Å². The van der Waals surface area contributed by atoms with Crippen molar-refractivity contribution in [3.63, 3.8) is 0 Å². The first-order chi connectivity index (χ1) is 5.52. The molecule has 1 rings (SSSR count). The summed E-state index contributed by atoms with van der Waals surface area (Å²) in [6.07, 6.45) is 0. The normalized spacial score (nSPS) is 13.0. The first kappa shape index (κ1) is 9.29. The topological polar surface area (TPSA) is 52.0 Å². The zero-order chi connectivity index (χ0) is 9.30. The fraction of sp³-hybridized carbons (Fsp3) is 0.250. The van der Waals surface area contributed by atoms with Crippen LogP contribution < -0.4 is 11.5 Å². The summed E-state index contributed by atoms with van der Waals surface area (Å²) in [5.74, 6) is -0.480. The van der Waals surface area contributed by atoms with Crippen molar-refractivity contribution >= 4 is 17.3 Å². The molecule has 4 N–H and O–H groups in total. The van der Waals surface area contributed by atoms with Crippen molar-refractivity contribution in [2.75, 3.05) is 5.73 Å². The molecule has 0 saturated heterocycles. The number of hydrogen-bond donors (Lipinski definition) is 2. The van der Waals surface area contributed by atoms with Crippen LogP contribution in [-0.2, 0) is 0 Å². The van der Waals surface area contributed by atoms with Crippen molar-refractivity contribution in [1.82, 2.24) is 0 Å². The molecule has 0 spiro atoms. The lowest BCUT2D eigenvalue weighted by Crippen LogP contribution is -2.07. The Kier molecular flexibility index (Phi) is 2.55. The van der Waals surface area contributed by atoms with Crippen LogP contribution in [-0.4, -0.2) is 0 Å². The molecule has 0 bridgehead atoms. The van der Waals surface area contributed by atoms with Gasteiger partial charge in [-0.15, -0.1) is 0 Å². The molecule has 0 aliphatic heterocycles. The lowest BCUT2D eigenvalue weighted by atomic mass is 10.1. The lowest BCUT2D eigenvalue weighted by molar-refractivity contribution is 0.627. The average Bonchev–Trinajstić information content (AvgIpc) is 1.96. The Morgan fingerprint density at radius 2 is 2.08 bits per heavy atom. The predicted octanol–water partition coefficient (Wildman–Crippen LogP) is 2.08. The molecular weight excluding hydrogens is 179 g/mol. The van der Waals surface area contributed by atoms with Gasteiger partial charge in [-0.05, 0) is 24.6 Å². The molecule has 1 aromatic carbocycles. The lowest BCUT2D eigenvalue weighted by Gasteiger charge is -2.09. The summed E-state index contributed by atoms with van der Waals surface area (Å²) in [5, 5.41) is 0.406. The van der Waals surface area contributed by atoms with Gasteiger partial charge < -0.3 is 11.5 Å². The number of benzene rings is 1. The van der Waals surface area contributed by atoms with Crippen molar-refractivity contribution in [2.24, 2.45) is 5.73 Å². The van der Waals surface area contributed by atoms with Gasteiger partial charge in [0, 0.05) is 11.1 Å². The minimum absolute atomic E-state index is 0.0457. The summed E-state index contributed by atoms with van der Waals surface area (Å²) in [6.45, 7) is 1.73. The highest BCUT2D eigenvalue weighted by molar-refractivity contribution is 6.31. The van der Waals surface area contributed by atoms with E-state index in [-0.39, 0.29) is 11.7 Å². The quantitative estimate of drug-likeness (QED) is 0.663. The van der Waals surface area contributed by atoms with Crippen LogP contribution in [0.15, 0.2) is 12.1 Å². The largest absolute Gasteiger partial charge is 0.396 e. The van der Waals surface area contributed by atoms with E-state index in [4.69, 9.17) is 23.1 Å². The van der Waals surface area contributed by atoms with E-state index >= 15 is 0 Å². The highest BCUT2D eigenvalue weighted by Gasteiger charge is 2.08. The van der Waals surface area contributed by atoms with Gasteiger partial charge in [0.2, 0.25) is 0 Å². The zero-order valence-corrected chi connectivity index (χ0v) is 7.40. The Morgan fingerprint density at radius 3 is 2.58 bits per heavy atom. The first-order valence-corrected chi connectivity index (χ1v) is 3.90. The maximum absolute atomic E-state index is 12.9. The minimum Gasteiger partial charge on any atom is -0.396 e. The molecule has 1 aromatic rings. The molecular formula is C8H10ClFN2. The molecule has 0 fully saturated rings. The van der Waals surface area contributed by atoms with Crippen molar-refractivity contribution in [3.8, 4) is 0 Å². The van der Waals surface area contributed by atoms with Crippen LogP contribution in [0.25, 0.3) is 0 Å². The van der Waals surface area contributed by atoms with E-state index in [0.717, 1.165) is 0 Å². The second-order valence-corrected chi connectivity index (χ2v) is 3.09. The third kappa shape index (κ3) is 1.68. The van der Waals surface area contributed by atoms with Gasteiger partial charge in [0.25, 0.3) is 0 Å². The van der Waals surface area contributed by atoms with Crippen LogP contribution in [0.3, 0.4) is 0 Å². The van der Waals surface area contributed by atoms with Gasteiger partial charge in [-0.25, -0.2) is 4.39 Å². The number of nitrogens with two attached hydrogens (primary N) is 2. The molecule has 1 atom stereocenters. The minimum atomic E-state index is -0.480. The molecule has 0 aliphatic carbocycles. The number of hydrogen-bond acceptors (Lipinski definition) is 2. The maximum Gasteiger partial charge on any atom is 0.146 e. The Balaban J connectivity index is 3.23. The zero-order valence-electron chi connectivity index (χ0n) is 6.64. The van der Waals surface area contributed by atoms with Crippen LogP contribution in [0.1, 0.15) is 18.5 Å². The molecule has 66 valence electrons. The average molecular weight is 189 g/mol. The van der Waals surface area contributed by atoms with Crippen LogP contribution in [0, 0.1) is 5.82 Å². The fourth-order valence-electron chi connectivity index (χ4n) is 0.927. The second-order valence-electron chi connectivity index (χ2n) is 2.68. The molecule has 12 heavy (non-hydrogen) atoms. The standard InChI is InChI=1S/C8H10ClFN2/c1-4(11)5-2-7(10)8(12)3-6(5)9/h2-4H,11-12H2,1H3/t4-/m1/s1. The third-order valence-corrected chi connectivity index (χ3v) is 1.93. The van der Waals surface area contributed by atoms with Crippen molar-refractivity contribution in [1.29, 1.82) is 0 Å². The predicted molar refractivity (Wildman–Crippen MR) is 48.4 cm³/mol. The maximum atomic E-state index is 12.9. The van der Waals surface area contributed by atoms with Gasteiger partial charge in [-0.3, -0.25) is 0 Å². The monoisotopic (exact) mass is 188 g/mol. The Bertz CT molecular complexity index is 299. The van der Waals surface area contributed by atoms with Gasteiger partial charge in [-0.2, -0.15) is 0 Å². The Morgan fingerprint density at radius 1 is 1.50 bits per heavy atom. The van der Waals surface area contributed by atoms with E-state index in [1.165, 1.54) is 12.1 Å². The highest BCUT2D eigenvalue weighted by atomic mass is 35.5. The van der Waals surface area contributed by atoms with Crippen molar-refractivity contribution in [3.05, 3.63) is 28.5 Å². The summed E-state index contributed by atoms with van der Waals surface area (Å²) in [4.78, 5) is 0. The van der Waals surface area contributed by atoms with E-state index < -0.39 is 5.82 Å². The highest BCUT2D eigenvalue weighted by Crippen LogP contribution is 2.25. The van der Waals surface area contributed by atoms with E-state index in [0.29, 0.717) is 10.6 Å². The molecule has 4 heteroatoms. The van der Waals surface area contributed by atoms with E-state index in [9.17, 15) is 4.39 Å². The molecule has 0 radical (unpaired) electrons. The summed E-state index contributed by atoms with van der Waals surface area (Å²) < 4.78 is 12.9. The van der Waals surface area contributed by atoms with Gasteiger partial charge >= 0.3 is 0 Å². The molecule has 0 saturated carbocycles. The number of nitrogen functional groups attached to an aromatic ring is 1. The molecule has 0 heterocycles. The first-order valence-electron chi connectivity index (χ1n) is 3.52. The van der Waals surface area contributed by atoms with Crippen molar-refractivity contribution < 1.29 is 4.39 Å². The van der Waals surface area contributed by atoms with Gasteiger partial charge in [0.05, 0.1) is 5.69 Å². The van der Waals surface area contributed by atoms with E-state index in [1.807, 2.05) is 0 Å². The van der Waals surface area contributed by atoms with Crippen LogP contribution in [0.4, 0.5) is 10.1 Å². The summed E-state index contributed by atoms with van der Waals surface area (Å²) >= 11 is 5.77. The summed E-state index contributed by atoms with van der Waals surface area (Å²) in [7, 11) is 0. The van der Waals surface area contributed by atoms with E-state index in [1.54, 1.807) is 6.92 Å². The molecule has 0 aromatic heterocycles.